The largest absolute Gasteiger partial charge is 0.376 e. The van der Waals surface area contributed by atoms with E-state index in [9.17, 15) is 14.4 Å². The van der Waals surface area contributed by atoms with Crippen LogP contribution >= 0.6 is 0 Å². The Morgan fingerprint density at radius 2 is 1.95 bits per heavy atom. The first kappa shape index (κ1) is 16.0. The first-order valence-corrected chi connectivity index (χ1v) is 7.39. The normalized spacial score (nSPS) is 17.9. The average Bonchev–Trinajstić information content (AvgIpc) is 2.53. The first-order chi connectivity index (χ1) is 10.5. The van der Waals surface area contributed by atoms with Crippen molar-refractivity contribution in [2.45, 2.75) is 19.8 Å². The van der Waals surface area contributed by atoms with E-state index in [4.69, 9.17) is 5.73 Å². The average molecular weight is 303 g/mol. The summed E-state index contributed by atoms with van der Waals surface area (Å²) in [5.41, 5.74) is 6.73. The van der Waals surface area contributed by atoms with E-state index in [1.54, 1.807) is 29.2 Å². The molecule has 6 nitrogen and oxygen atoms in total. The fourth-order valence-corrected chi connectivity index (χ4v) is 2.55. The lowest BCUT2D eigenvalue weighted by molar-refractivity contribution is -0.133. The summed E-state index contributed by atoms with van der Waals surface area (Å²) in [6.07, 6.45) is 1.55. The predicted octanol–water partition coefficient (Wildman–Crippen LogP) is 1.02. The zero-order valence-corrected chi connectivity index (χ0v) is 12.7. The molecule has 1 heterocycles. The molecule has 1 aromatic rings. The van der Waals surface area contributed by atoms with Gasteiger partial charge in [-0.3, -0.25) is 14.4 Å². The van der Waals surface area contributed by atoms with Crippen molar-refractivity contribution in [1.82, 2.24) is 4.90 Å². The number of amides is 2. The number of benzene rings is 1. The Hall–Kier alpha value is -2.37. The van der Waals surface area contributed by atoms with Crippen LogP contribution in [0.5, 0.6) is 0 Å². The highest BCUT2D eigenvalue weighted by molar-refractivity contribution is 5.94. The van der Waals surface area contributed by atoms with E-state index >= 15 is 0 Å². The maximum Gasteiger partial charge on any atom is 0.241 e. The summed E-state index contributed by atoms with van der Waals surface area (Å²) in [4.78, 5) is 36.3. The number of ketones is 1. The van der Waals surface area contributed by atoms with Crippen molar-refractivity contribution >= 4 is 23.3 Å². The fraction of sp³-hybridized carbons (Fsp3) is 0.438. The first-order valence-electron chi connectivity index (χ1n) is 7.39. The van der Waals surface area contributed by atoms with Gasteiger partial charge < -0.3 is 16.0 Å². The molecular formula is C16H21N3O3. The SMILES string of the molecule is CC(=O)c1ccc(NCC(=O)N2CCCC(C(N)=O)C2)cc1. The molecule has 1 aliphatic heterocycles. The van der Waals surface area contributed by atoms with Crippen molar-refractivity contribution in [3.8, 4) is 0 Å². The maximum atomic E-state index is 12.2. The molecule has 0 aromatic heterocycles. The molecule has 2 amide bonds. The minimum Gasteiger partial charge on any atom is -0.376 e. The van der Waals surface area contributed by atoms with Crippen LogP contribution < -0.4 is 11.1 Å². The number of piperidine rings is 1. The summed E-state index contributed by atoms with van der Waals surface area (Å²) >= 11 is 0. The number of nitrogens with zero attached hydrogens (tertiary/aromatic N) is 1. The van der Waals surface area contributed by atoms with Crippen LogP contribution in [0, 0.1) is 5.92 Å². The van der Waals surface area contributed by atoms with Crippen molar-refractivity contribution < 1.29 is 14.4 Å². The van der Waals surface area contributed by atoms with Gasteiger partial charge in [0.05, 0.1) is 12.5 Å². The molecule has 6 heteroatoms. The van der Waals surface area contributed by atoms with Crippen LogP contribution in [0.2, 0.25) is 0 Å². The van der Waals surface area contributed by atoms with Crippen LogP contribution in [0.15, 0.2) is 24.3 Å². The second-order valence-corrected chi connectivity index (χ2v) is 5.57. The number of anilines is 1. The topological polar surface area (TPSA) is 92.5 Å². The quantitative estimate of drug-likeness (QED) is 0.794. The molecule has 1 unspecified atom stereocenters. The Labute approximate surface area is 129 Å². The summed E-state index contributed by atoms with van der Waals surface area (Å²) in [6.45, 7) is 2.73. The molecule has 1 aromatic carbocycles. The second-order valence-electron chi connectivity index (χ2n) is 5.57. The molecule has 22 heavy (non-hydrogen) atoms. The number of nitrogens with one attached hydrogen (secondary N) is 1. The highest BCUT2D eigenvalue weighted by atomic mass is 16.2. The number of rotatable bonds is 5. The summed E-state index contributed by atoms with van der Waals surface area (Å²) in [7, 11) is 0. The van der Waals surface area contributed by atoms with Gasteiger partial charge in [0.25, 0.3) is 0 Å². The highest BCUT2D eigenvalue weighted by Gasteiger charge is 2.26. The lowest BCUT2D eigenvalue weighted by atomic mass is 9.97. The van der Waals surface area contributed by atoms with Gasteiger partial charge in [0.2, 0.25) is 11.8 Å². The summed E-state index contributed by atoms with van der Waals surface area (Å²) in [5, 5.41) is 3.03. The molecule has 0 saturated carbocycles. The fourth-order valence-electron chi connectivity index (χ4n) is 2.55. The van der Waals surface area contributed by atoms with E-state index in [1.807, 2.05) is 0 Å². The van der Waals surface area contributed by atoms with Crippen LogP contribution in [-0.4, -0.2) is 42.1 Å². The van der Waals surface area contributed by atoms with E-state index < -0.39 is 0 Å². The molecule has 1 saturated heterocycles. The monoisotopic (exact) mass is 303 g/mol. The van der Waals surface area contributed by atoms with E-state index in [2.05, 4.69) is 5.32 Å². The standard InChI is InChI=1S/C16H21N3O3/c1-11(20)12-4-6-14(7-5-12)18-9-15(21)19-8-2-3-13(10-19)16(17)22/h4-7,13,18H,2-3,8-10H2,1H3,(H2,17,22). The molecule has 0 aliphatic carbocycles. The number of Topliss-reactive ketones (excluding diaryl/α,β-unsaturated/α-hetero) is 1. The van der Waals surface area contributed by atoms with Gasteiger partial charge in [-0.05, 0) is 44.0 Å². The Bertz CT molecular complexity index is 569. The number of hydrogen-bond acceptors (Lipinski definition) is 4. The molecule has 1 atom stereocenters. The molecule has 0 radical (unpaired) electrons. The van der Waals surface area contributed by atoms with Crippen LogP contribution in [-0.2, 0) is 9.59 Å². The van der Waals surface area contributed by atoms with Crippen molar-refractivity contribution in [2.75, 3.05) is 25.0 Å². The Morgan fingerprint density at radius 1 is 1.27 bits per heavy atom. The molecule has 0 bridgehead atoms. The predicted molar refractivity (Wildman–Crippen MR) is 83.4 cm³/mol. The van der Waals surface area contributed by atoms with Gasteiger partial charge in [0.1, 0.15) is 0 Å². The third-order valence-corrected chi connectivity index (χ3v) is 3.91. The maximum absolute atomic E-state index is 12.2. The minimum atomic E-state index is -0.342. The zero-order valence-electron chi connectivity index (χ0n) is 12.7. The third kappa shape index (κ3) is 4.07. The number of carbonyl (C=O) groups is 3. The Kier molecular flexibility index (Phi) is 5.14. The zero-order chi connectivity index (χ0) is 16.1. The van der Waals surface area contributed by atoms with Crippen molar-refractivity contribution in [3.05, 3.63) is 29.8 Å². The van der Waals surface area contributed by atoms with Crippen LogP contribution in [0.4, 0.5) is 5.69 Å². The van der Waals surface area contributed by atoms with Gasteiger partial charge in [-0.25, -0.2) is 0 Å². The lowest BCUT2D eigenvalue weighted by Crippen LogP contribution is -2.45. The molecule has 118 valence electrons. The van der Waals surface area contributed by atoms with Gasteiger partial charge in [-0.1, -0.05) is 0 Å². The van der Waals surface area contributed by atoms with Crippen molar-refractivity contribution in [1.29, 1.82) is 0 Å². The number of likely N-dealkylation sites (tertiary alicyclic amines) is 1. The van der Waals surface area contributed by atoms with Gasteiger partial charge in [-0.15, -0.1) is 0 Å². The van der Waals surface area contributed by atoms with E-state index in [0.29, 0.717) is 18.7 Å². The van der Waals surface area contributed by atoms with E-state index in [1.165, 1.54) is 6.92 Å². The Morgan fingerprint density at radius 3 is 2.55 bits per heavy atom. The second kappa shape index (κ2) is 7.06. The minimum absolute atomic E-state index is 0.00781. The molecule has 2 rings (SSSR count). The molecule has 1 fully saturated rings. The van der Waals surface area contributed by atoms with Crippen LogP contribution in [0.1, 0.15) is 30.1 Å². The van der Waals surface area contributed by atoms with Crippen LogP contribution in [0.3, 0.4) is 0 Å². The number of carbonyl (C=O) groups excluding carboxylic acids is 3. The lowest BCUT2D eigenvalue weighted by Gasteiger charge is -2.31. The van der Waals surface area contributed by atoms with E-state index in [-0.39, 0.29) is 30.1 Å². The van der Waals surface area contributed by atoms with Crippen LogP contribution in [0.25, 0.3) is 0 Å². The van der Waals surface area contributed by atoms with E-state index in [0.717, 1.165) is 18.5 Å². The molecule has 1 aliphatic rings. The molecule has 0 spiro atoms. The van der Waals surface area contributed by atoms with Gasteiger partial charge in [0, 0.05) is 24.3 Å². The summed E-state index contributed by atoms with van der Waals surface area (Å²) < 4.78 is 0. The Balaban J connectivity index is 1.86. The molecular weight excluding hydrogens is 282 g/mol. The summed E-state index contributed by atoms with van der Waals surface area (Å²) in [6, 6.07) is 6.98. The van der Waals surface area contributed by atoms with Gasteiger partial charge in [0.15, 0.2) is 5.78 Å². The highest BCUT2D eigenvalue weighted by Crippen LogP contribution is 2.16. The smallest absolute Gasteiger partial charge is 0.241 e. The molecule has 3 N–H and O–H groups in total. The van der Waals surface area contributed by atoms with Crippen molar-refractivity contribution in [2.24, 2.45) is 11.7 Å². The van der Waals surface area contributed by atoms with Gasteiger partial charge >= 0.3 is 0 Å². The summed E-state index contributed by atoms with van der Waals surface area (Å²) in [5.74, 6) is -0.632. The number of hydrogen-bond donors (Lipinski definition) is 2. The van der Waals surface area contributed by atoms with Gasteiger partial charge in [-0.2, -0.15) is 0 Å². The third-order valence-electron chi connectivity index (χ3n) is 3.91. The number of nitrogens with two attached hydrogens (primary N) is 1. The van der Waals surface area contributed by atoms with Crippen molar-refractivity contribution in [3.63, 3.8) is 0 Å². The number of primary amides is 1.